The van der Waals surface area contributed by atoms with Crippen LogP contribution in [0.4, 0.5) is 0 Å². The third kappa shape index (κ3) is 5.28. The van der Waals surface area contributed by atoms with E-state index in [4.69, 9.17) is 0 Å². The standard InChI is InChI=1S/C18H30N2O4S2/c1-3-5-7-17-8-10-18(11-9-17)26(23,24)20-14-12-19(13-15-20)25(21,22)16-6-4-2/h8-11H,3-7,12-16H2,1-2H3. The molecule has 0 atom stereocenters. The van der Waals surface area contributed by atoms with Crippen LogP contribution in [0.25, 0.3) is 0 Å². The molecule has 0 amide bonds. The second kappa shape index (κ2) is 9.30. The van der Waals surface area contributed by atoms with Crippen molar-refractivity contribution in [2.75, 3.05) is 31.9 Å². The van der Waals surface area contributed by atoms with E-state index in [-0.39, 0.29) is 36.8 Å². The van der Waals surface area contributed by atoms with Gasteiger partial charge < -0.3 is 0 Å². The van der Waals surface area contributed by atoms with Crippen LogP contribution in [0.1, 0.15) is 45.1 Å². The Hall–Kier alpha value is -0.960. The first kappa shape index (κ1) is 21.3. The maximum atomic E-state index is 12.8. The Morgan fingerprint density at radius 2 is 1.35 bits per heavy atom. The van der Waals surface area contributed by atoms with Gasteiger partial charge in [0.2, 0.25) is 20.0 Å². The molecular formula is C18H30N2O4S2. The average Bonchev–Trinajstić information content (AvgIpc) is 2.65. The van der Waals surface area contributed by atoms with E-state index in [1.54, 1.807) is 12.1 Å². The number of aryl methyl sites for hydroxylation is 1. The van der Waals surface area contributed by atoms with Crippen molar-refractivity contribution in [1.82, 2.24) is 8.61 Å². The number of hydrogen-bond acceptors (Lipinski definition) is 4. The lowest BCUT2D eigenvalue weighted by atomic mass is 10.1. The Morgan fingerprint density at radius 1 is 0.808 bits per heavy atom. The quantitative estimate of drug-likeness (QED) is 0.636. The molecule has 1 saturated heterocycles. The lowest BCUT2D eigenvalue weighted by molar-refractivity contribution is 0.272. The summed E-state index contributed by atoms with van der Waals surface area (Å²) >= 11 is 0. The molecule has 0 radical (unpaired) electrons. The van der Waals surface area contributed by atoms with Crippen LogP contribution in [0.15, 0.2) is 29.2 Å². The predicted octanol–water partition coefficient (Wildman–Crippen LogP) is 2.47. The number of unbranched alkanes of at least 4 members (excludes halogenated alkanes) is 2. The second-order valence-electron chi connectivity index (χ2n) is 6.72. The first-order valence-electron chi connectivity index (χ1n) is 9.38. The third-order valence-corrected chi connectivity index (χ3v) is 8.60. The smallest absolute Gasteiger partial charge is 0.212 e. The van der Waals surface area contributed by atoms with E-state index in [2.05, 4.69) is 6.92 Å². The minimum atomic E-state index is -3.57. The molecular weight excluding hydrogens is 372 g/mol. The molecule has 1 heterocycles. The Kier molecular flexibility index (Phi) is 7.63. The van der Waals surface area contributed by atoms with Gasteiger partial charge in [-0.2, -0.15) is 8.61 Å². The van der Waals surface area contributed by atoms with Crippen LogP contribution in [0.3, 0.4) is 0 Å². The van der Waals surface area contributed by atoms with Gasteiger partial charge in [-0.25, -0.2) is 16.8 Å². The van der Waals surface area contributed by atoms with Gasteiger partial charge in [-0.15, -0.1) is 0 Å². The van der Waals surface area contributed by atoms with Gasteiger partial charge in [-0.1, -0.05) is 38.8 Å². The van der Waals surface area contributed by atoms with E-state index < -0.39 is 20.0 Å². The molecule has 1 aliphatic rings. The van der Waals surface area contributed by atoms with Crippen molar-refractivity contribution in [3.8, 4) is 0 Å². The highest BCUT2D eigenvalue weighted by Gasteiger charge is 2.32. The van der Waals surface area contributed by atoms with Gasteiger partial charge in [0.15, 0.2) is 0 Å². The zero-order chi connectivity index (χ0) is 19.2. The zero-order valence-corrected chi connectivity index (χ0v) is 17.4. The average molecular weight is 403 g/mol. The summed E-state index contributed by atoms with van der Waals surface area (Å²) in [6.45, 7) is 4.92. The number of piperazine rings is 1. The molecule has 1 aromatic rings. The van der Waals surface area contributed by atoms with Crippen LogP contribution in [0.2, 0.25) is 0 Å². The third-order valence-electron chi connectivity index (χ3n) is 4.73. The van der Waals surface area contributed by atoms with Crippen molar-refractivity contribution < 1.29 is 16.8 Å². The largest absolute Gasteiger partial charge is 0.243 e. The number of benzene rings is 1. The van der Waals surface area contributed by atoms with Gasteiger partial charge in [0.1, 0.15) is 0 Å². The van der Waals surface area contributed by atoms with Crippen molar-refractivity contribution in [1.29, 1.82) is 0 Å². The molecule has 0 bridgehead atoms. The molecule has 0 aliphatic carbocycles. The van der Waals surface area contributed by atoms with Crippen LogP contribution in [0, 0.1) is 0 Å². The number of rotatable bonds is 9. The number of hydrogen-bond donors (Lipinski definition) is 0. The molecule has 2 rings (SSSR count). The Bertz CT molecular complexity index is 766. The molecule has 0 aromatic heterocycles. The molecule has 1 aromatic carbocycles. The van der Waals surface area contributed by atoms with E-state index in [1.165, 1.54) is 8.61 Å². The number of sulfonamides is 2. The molecule has 26 heavy (non-hydrogen) atoms. The molecule has 1 fully saturated rings. The Balaban J connectivity index is 2.01. The first-order chi connectivity index (χ1) is 12.3. The normalized spacial score (nSPS) is 17.5. The van der Waals surface area contributed by atoms with E-state index in [0.29, 0.717) is 6.42 Å². The molecule has 0 unspecified atom stereocenters. The van der Waals surface area contributed by atoms with Gasteiger partial charge in [-0.3, -0.25) is 0 Å². The summed E-state index contributed by atoms with van der Waals surface area (Å²) in [5.74, 6) is 0.134. The SMILES string of the molecule is CCCCc1ccc(S(=O)(=O)N2CCN(S(=O)(=O)CCCC)CC2)cc1. The van der Waals surface area contributed by atoms with Crippen molar-refractivity contribution in [3.05, 3.63) is 29.8 Å². The fourth-order valence-electron chi connectivity index (χ4n) is 3.00. The first-order valence-corrected chi connectivity index (χ1v) is 12.4. The van der Waals surface area contributed by atoms with Crippen molar-refractivity contribution >= 4 is 20.0 Å². The van der Waals surface area contributed by atoms with Crippen molar-refractivity contribution in [2.45, 2.75) is 50.8 Å². The maximum Gasteiger partial charge on any atom is 0.243 e. The van der Waals surface area contributed by atoms with Gasteiger partial charge >= 0.3 is 0 Å². The molecule has 0 N–H and O–H groups in total. The fraction of sp³-hybridized carbons (Fsp3) is 0.667. The lowest BCUT2D eigenvalue weighted by Gasteiger charge is -2.33. The van der Waals surface area contributed by atoms with Crippen LogP contribution in [-0.2, 0) is 26.5 Å². The van der Waals surface area contributed by atoms with Gasteiger partial charge in [0.25, 0.3) is 0 Å². The van der Waals surface area contributed by atoms with E-state index >= 15 is 0 Å². The summed E-state index contributed by atoms with van der Waals surface area (Å²) < 4.78 is 52.9. The van der Waals surface area contributed by atoms with Crippen LogP contribution < -0.4 is 0 Å². The molecule has 6 nitrogen and oxygen atoms in total. The van der Waals surface area contributed by atoms with Crippen molar-refractivity contribution in [3.63, 3.8) is 0 Å². The summed E-state index contributed by atoms with van der Waals surface area (Å²) in [5, 5.41) is 0. The summed E-state index contributed by atoms with van der Waals surface area (Å²) in [6.07, 6.45) is 4.59. The molecule has 0 saturated carbocycles. The van der Waals surface area contributed by atoms with E-state index in [9.17, 15) is 16.8 Å². The molecule has 0 spiro atoms. The molecule has 148 valence electrons. The number of nitrogens with zero attached hydrogens (tertiary/aromatic N) is 2. The Labute approximate surface area is 158 Å². The minimum absolute atomic E-state index is 0.134. The summed E-state index contributed by atoms with van der Waals surface area (Å²) in [7, 11) is -6.86. The molecule has 1 aliphatic heterocycles. The topological polar surface area (TPSA) is 74.8 Å². The fourth-order valence-corrected chi connectivity index (χ4v) is 6.06. The summed E-state index contributed by atoms with van der Waals surface area (Å²) in [5.41, 5.74) is 1.14. The van der Waals surface area contributed by atoms with Gasteiger partial charge in [-0.05, 0) is 37.0 Å². The van der Waals surface area contributed by atoms with Crippen molar-refractivity contribution in [2.24, 2.45) is 0 Å². The highest BCUT2D eigenvalue weighted by atomic mass is 32.2. The van der Waals surface area contributed by atoms with Crippen LogP contribution >= 0.6 is 0 Å². The van der Waals surface area contributed by atoms with E-state index in [0.717, 1.165) is 31.2 Å². The Morgan fingerprint density at radius 3 is 1.88 bits per heavy atom. The lowest BCUT2D eigenvalue weighted by Crippen LogP contribution is -2.50. The van der Waals surface area contributed by atoms with Gasteiger partial charge in [0, 0.05) is 26.2 Å². The minimum Gasteiger partial charge on any atom is -0.212 e. The van der Waals surface area contributed by atoms with Crippen LogP contribution in [-0.4, -0.2) is 57.4 Å². The monoisotopic (exact) mass is 402 g/mol. The maximum absolute atomic E-state index is 12.8. The highest BCUT2D eigenvalue weighted by molar-refractivity contribution is 7.89. The van der Waals surface area contributed by atoms with Crippen LogP contribution in [0.5, 0.6) is 0 Å². The second-order valence-corrected chi connectivity index (χ2v) is 10.7. The summed E-state index contributed by atoms with van der Waals surface area (Å²) in [6, 6.07) is 7.05. The predicted molar refractivity (Wildman–Crippen MR) is 104 cm³/mol. The summed E-state index contributed by atoms with van der Waals surface area (Å²) in [4.78, 5) is 0.278. The molecule has 8 heteroatoms. The van der Waals surface area contributed by atoms with Gasteiger partial charge in [0.05, 0.1) is 10.6 Å². The highest BCUT2D eigenvalue weighted by Crippen LogP contribution is 2.20. The van der Waals surface area contributed by atoms with E-state index in [1.807, 2.05) is 19.1 Å². The zero-order valence-electron chi connectivity index (χ0n) is 15.7.